The van der Waals surface area contributed by atoms with E-state index in [4.69, 9.17) is 27.3 Å². The number of halogens is 2. The number of benzene rings is 2. The second kappa shape index (κ2) is 10.1. The Kier molecular flexibility index (Phi) is 7.80. The number of carbonyl (C=O) groups excluding carboxylic acids is 1. The molecule has 2 aromatic rings. The van der Waals surface area contributed by atoms with Crippen molar-refractivity contribution in [3.8, 4) is 17.6 Å². The first-order valence-electron chi connectivity index (χ1n) is 9.01. The van der Waals surface area contributed by atoms with Gasteiger partial charge in [0, 0.05) is 24.1 Å². The van der Waals surface area contributed by atoms with Crippen LogP contribution in [-0.2, 0) is 11.2 Å². The highest BCUT2D eigenvalue weighted by atomic mass is 35.5. The Morgan fingerprint density at radius 2 is 2.00 bits per heavy atom. The molecule has 28 heavy (non-hydrogen) atoms. The molecule has 0 heterocycles. The van der Waals surface area contributed by atoms with Crippen LogP contribution < -0.4 is 15.8 Å². The van der Waals surface area contributed by atoms with Gasteiger partial charge in [-0.05, 0) is 37.1 Å². The van der Waals surface area contributed by atoms with E-state index >= 15 is 4.39 Å². The summed E-state index contributed by atoms with van der Waals surface area (Å²) in [5, 5.41) is 12.1. The van der Waals surface area contributed by atoms with E-state index in [1.807, 2.05) is 13.8 Å². The number of nitrogens with two attached hydrogens (primary N) is 1. The largest absolute Gasteiger partial charge is 0.453 e. The van der Waals surface area contributed by atoms with Crippen LogP contribution in [0.4, 0.5) is 4.39 Å². The van der Waals surface area contributed by atoms with Crippen molar-refractivity contribution in [3.63, 3.8) is 0 Å². The van der Waals surface area contributed by atoms with Gasteiger partial charge in [0.1, 0.15) is 5.75 Å². The Hall–Kier alpha value is -2.62. The summed E-state index contributed by atoms with van der Waals surface area (Å²) in [6.45, 7) is 3.73. The fourth-order valence-electron chi connectivity index (χ4n) is 2.93. The van der Waals surface area contributed by atoms with Gasteiger partial charge in [0.2, 0.25) is 5.91 Å². The van der Waals surface area contributed by atoms with Crippen LogP contribution in [0.3, 0.4) is 0 Å². The summed E-state index contributed by atoms with van der Waals surface area (Å²) in [5.41, 5.74) is 6.47. The summed E-state index contributed by atoms with van der Waals surface area (Å²) in [4.78, 5) is 11.1. The Balaban J connectivity index is 2.26. The van der Waals surface area contributed by atoms with E-state index in [9.17, 15) is 4.79 Å². The van der Waals surface area contributed by atoms with Crippen LogP contribution in [-0.4, -0.2) is 11.9 Å². The summed E-state index contributed by atoms with van der Waals surface area (Å²) >= 11 is 6.17. The number of primary amides is 1. The summed E-state index contributed by atoms with van der Waals surface area (Å²) in [5.74, 6) is -0.618. The molecule has 0 unspecified atom stereocenters. The minimum atomic E-state index is -0.556. The summed E-state index contributed by atoms with van der Waals surface area (Å²) in [7, 11) is 0. The highest BCUT2D eigenvalue weighted by Crippen LogP contribution is 2.36. The molecular formula is C21H23ClFN3O2. The van der Waals surface area contributed by atoms with Gasteiger partial charge in [-0.2, -0.15) is 5.26 Å². The molecule has 2 aromatic carbocycles. The second-order valence-electron chi connectivity index (χ2n) is 6.56. The minimum absolute atomic E-state index is 0.0602. The van der Waals surface area contributed by atoms with Gasteiger partial charge >= 0.3 is 0 Å². The molecule has 0 aliphatic carbocycles. The first kappa shape index (κ1) is 21.7. The predicted octanol–water partition coefficient (Wildman–Crippen LogP) is 4.64. The summed E-state index contributed by atoms with van der Waals surface area (Å²) in [6, 6.07) is 11.6. The van der Waals surface area contributed by atoms with Crippen molar-refractivity contribution in [1.29, 1.82) is 5.26 Å². The fraction of sp³-hybridized carbons (Fsp3) is 0.333. The Labute approximate surface area is 169 Å². The van der Waals surface area contributed by atoms with E-state index in [0.717, 1.165) is 5.56 Å². The molecule has 7 heteroatoms. The lowest BCUT2D eigenvalue weighted by atomic mass is 10.0. The van der Waals surface area contributed by atoms with Crippen molar-refractivity contribution in [2.75, 3.05) is 0 Å². The zero-order chi connectivity index (χ0) is 20.7. The number of hydrogen-bond donors (Lipinski definition) is 2. The monoisotopic (exact) mass is 403 g/mol. The Morgan fingerprint density at radius 3 is 2.57 bits per heavy atom. The molecule has 0 spiro atoms. The SMILES string of the molecule is CC[C@@H](N[C@@H](C)CC(N)=O)c1ccc(Cl)c(Oc2ccc(CC#N)cc2)c1F. The standard InChI is InChI=1S/C21H23ClFN3O2/c1-3-18(26-13(2)12-19(25)27)16-8-9-17(22)21(20(16)23)28-15-6-4-14(5-7-15)10-11-24/h4-9,13,18,26H,3,10,12H2,1-2H3,(H2,25,27)/t13-,18+/m0/s1. The van der Waals surface area contributed by atoms with Crippen molar-refractivity contribution in [3.05, 3.63) is 58.4 Å². The third kappa shape index (κ3) is 5.69. The lowest BCUT2D eigenvalue weighted by Gasteiger charge is -2.23. The van der Waals surface area contributed by atoms with Gasteiger partial charge in [-0.1, -0.05) is 36.7 Å². The number of rotatable bonds is 9. The average molecular weight is 404 g/mol. The van der Waals surface area contributed by atoms with Gasteiger partial charge in [0.05, 0.1) is 17.5 Å². The summed E-state index contributed by atoms with van der Waals surface area (Å²) < 4.78 is 20.9. The normalized spacial score (nSPS) is 12.8. The third-order valence-corrected chi connectivity index (χ3v) is 4.58. The summed E-state index contributed by atoms with van der Waals surface area (Å²) in [6.07, 6.45) is 1.05. The highest BCUT2D eigenvalue weighted by Gasteiger charge is 2.22. The topological polar surface area (TPSA) is 88.1 Å². The van der Waals surface area contributed by atoms with Crippen molar-refractivity contribution in [2.45, 2.75) is 45.2 Å². The van der Waals surface area contributed by atoms with Gasteiger partial charge in [0.15, 0.2) is 11.6 Å². The third-order valence-electron chi connectivity index (χ3n) is 4.28. The van der Waals surface area contributed by atoms with Crippen LogP contribution in [0.15, 0.2) is 36.4 Å². The molecule has 0 saturated carbocycles. The van der Waals surface area contributed by atoms with Crippen LogP contribution >= 0.6 is 11.6 Å². The van der Waals surface area contributed by atoms with Crippen molar-refractivity contribution in [1.82, 2.24) is 5.32 Å². The quantitative estimate of drug-likeness (QED) is 0.638. The number of hydrogen-bond acceptors (Lipinski definition) is 4. The molecule has 0 fully saturated rings. The van der Waals surface area contributed by atoms with Crippen LogP contribution in [0.5, 0.6) is 11.5 Å². The van der Waals surface area contributed by atoms with Crippen LogP contribution in [0, 0.1) is 17.1 Å². The number of nitrogens with one attached hydrogen (secondary N) is 1. The second-order valence-corrected chi connectivity index (χ2v) is 6.97. The maximum absolute atomic E-state index is 15.2. The molecule has 5 nitrogen and oxygen atoms in total. The first-order valence-corrected chi connectivity index (χ1v) is 9.39. The molecule has 2 atom stereocenters. The molecule has 0 aliphatic heterocycles. The van der Waals surface area contributed by atoms with E-state index in [1.165, 1.54) is 0 Å². The molecule has 148 valence electrons. The van der Waals surface area contributed by atoms with E-state index in [0.29, 0.717) is 17.7 Å². The van der Waals surface area contributed by atoms with E-state index in [1.54, 1.807) is 36.4 Å². The van der Waals surface area contributed by atoms with Gasteiger partial charge in [-0.3, -0.25) is 4.79 Å². The highest BCUT2D eigenvalue weighted by molar-refractivity contribution is 6.32. The zero-order valence-corrected chi connectivity index (χ0v) is 16.6. The van der Waals surface area contributed by atoms with Crippen LogP contribution in [0.25, 0.3) is 0 Å². The Morgan fingerprint density at radius 1 is 1.32 bits per heavy atom. The first-order chi connectivity index (χ1) is 13.3. The molecule has 0 bridgehead atoms. The van der Waals surface area contributed by atoms with E-state index in [2.05, 4.69) is 11.4 Å². The number of ether oxygens (including phenoxy) is 1. The van der Waals surface area contributed by atoms with Crippen molar-refractivity contribution >= 4 is 17.5 Å². The van der Waals surface area contributed by atoms with E-state index < -0.39 is 11.7 Å². The maximum atomic E-state index is 15.2. The predicted molar refractivity (Wildman–Crippen MR) is 107 cm³/mol. The maximum Gasteiger partial charge on any atom is 0.218 e. The van der Waals surface area contributed by atoms with E-state index in [-0.39, 0.29) is 35.7 Å². The molecule has 0 aromatic heterocycles. The number of amides is 1. The van der Waals surface area contributed by atoms with Crippen molar-refractivity contribution < 1.29 is 13.9 Å². The Bertz CT molecular complexity index is 865. The molecule has 0 saturated heterocycles. The van der Waals surface area contributed by atoms with Crippen molar-refractivity contribution in [2.24, 2.45) is 5.73 Å². The molecule has 1 amide bonds. The molecule has 0 aliphatic rings. The lowest BCUT2D eigenvalue weighted by molar-refractivity contribution is -0.118. The molecule has 2 rings (SSSR count). The zero-order valence-electron chi connectivity index (χ0n) is 15.8. The van der Waals surface area contributed by atoms with Crippen LogP contribution in [0.1, 0.15) is 43.9 Å². The minimum Gasteiger partial charge on any atom is -0.453 e. The molecular weight excluding hydrogens is 381 g/mol. The molecule has 3 N–H and O–H groups in total. The van der Waals surface area contributed by atoms with Crippen LogP contribution in [0.2, 0.25) is 5.02 Å². The number of nitrogens with zero attached hydrogens (tertiary/aromatic N) is 1. The number of carbonyl (C=O) groups is 1. The number of nitriles is 1. The average Bonchev–Trinajstić information content (AvgIpc) is 2.64. The van der Waals surface area contributed by atoms with Gasteiger partial charge in [0.25, 0.3) is 0 Å². The van der Waals surface area contributed by atoms with Gasteiger partial charge in [-0.15, -0.1) is 0 Å². The smallest absolute Gasteiger partial charge is 0.218 e. The lowest BCUT2D eigenvalue weighted by Crippen LogP contribution is -2.34. The molecule has 0 radical (unpaired) electrons. The van der Waals surface area contributed by atoms with Gasteiger partial charge in [-0.25, -0.2) is 4.39 Å². The van der Waals surface area contributed by atoms with Gasteiger partial charge < -0.3 is 15.8 Å². The fourth-order valence-corrected chi connectivity index (χ4v) is 3.11.